The Hall–Kier alpha value is -1.43. The maximum absolute atomic E-state index is 12.2. The van der Waals surface area contributed by atoms with Crippen LogP contribution in [0.1, 0.15) is 21.5 Å². The van der Waals surface area contributed by atoms with Crippen molar-refractivity contribution in [1.82, 2.24) is 0 Å². The van der Waals surface area contributed by atoms with Gasteiger partial charge in [0.1, 0.15) is 5.75 Å². The molecule has 6 heteroatoms. The number of halogens is 3. The summed E-state index contributed by atoms with van der Waals surface area (Å²) in [6.07, 6.45) is 0. The van der Waals surface area contributed by atoms with Gasteiger partial charge in [0.15, 0.2) is 5.78 Å². The fourth-order valence-electron chi connectivity index (χ4n) is 1.75. The molecule has 0 bridgehead atoms. The Kier molecular flexibility index (Phi) is 5.33. The summed E-state index contributed by atoms with van der Waals surface area (Å²) in [7, 11) is 0. The topological polar surface area (TPSA) is 40.1 Å². The van der Waals surface area contributed by atoms with Crippen molar-refractivity contribution in [2.24, 2.45) is 0 Å². The van der Waals surface area contributed by atoms with Crippen LogP contribution in [0, 0.1) is 0 Å². The predicted molar refractivity (Wildman–Crippen MR) is 79.2 cm³/mol. The molecule has 0 saturated heterocycles. The molecule has 0 spiro atoms. The molecule has 0 N–H and O–H groups in total. The van der Waals surface area contributed by atoms with Gasteiger partial charge in [-0.1, -0.05) is 35.9 Å². The highest BCUT2D eigenvalue weighted by atomic mass is 35.5. The fourth-order valence-corrected chi connectivity index (χ4v) is 2.52. The molecule has 2 aromatic rings. The van der Waals surface area contributed by atoms with E-state index in [-0.39, 0.29) is 11.5 Å². The molecule has 0 aromatic heterocycles. The second-order valence-electron chi connectivity index (χ2n) is 4.32. The van der Waals surface area contributed by atoms with Crippen LogP contribution in [0.3, 0.4) is 0 Å². The minimum atomic E-state index is -2.86. The zero-order chi connectivity index (χ0) is 15.4. The highest BCUT2D eigenvalue weighted by molar-refractivity contribution is 7.90. The summed E-state index contributed by atoms with van der Waals surface area (Å²) in [5, 5.41) is 0.538. The van der Waals surface area contributed by atoms with Crippen LogP contribution >= 0.6 is 11.6 Å². The maximum Gasteiger partial charge on any atom is 0.397 e. The molecule has 110 valence electrons. The molecule has 0 heterocycles. The van der Waals surface area contributed by atoms with E-state index < -0.39 is 16.9 Å². The van der Waals surface area contributed by atoms with Gasteiger partial charge in [0, 0.05) is 32.9 Å². The van der Waals surface area contributed by atoms with Crippen LogP contribution in [0.15, 0.2) is 48.5 Å². The van der Waals surface area contributed by atoms with Crippen LogP contribution in [0.25, 0.3) is 0 Å². The first-order valence-corrected chi connectivity index (χ1v) is 7.78. The zero-order valence-electron chi connectivity index (χ0n) is 10.8. The van der Waals surface area contributed by atoms with E-state index in [0.29, 0.717) is 21.7 Å². The van der Waals surface area contributed by atoms with Crippen molar-refractivity contribution in [3.8, 4) is 0 Å². The summed E-state index contributed by atoms with van der Waals surface area (Å²) in [5.74, 6) is -3.28. The number of carbonyl (C=O) groups excluding carboxylic acids is 1. The van der Waals surface area contributed by atoms with Gasteiger partial charge in [-0.2, -0.15) is 8.78 Å². The van der Waals surface area contributed by atoms with E-state index in [4.69, 9.17) is 11.6 Å². The van der Waals surface area contributed by atoms with Crippen molar-refractivity contribution in [2.75, 3.05) is 0 Å². The van der Waals surface area contributed by atoms with Crippen LogP contribution in [0.4, 0.5) is 8.78 Å². The Morgan fingerprint density at radius 1 is 1.05 bits per heavy atom. The zero-order valence-corrected chi connectivity index (χ0v) is 12.3. The minimum Gasteiger partial charge on any atom is -0.612 e. The van der Waals surface area contributed by atoms with Crippen LogP contribution < -0.4 is 0 Å². The van der Waals surface area contributed by atoms with Crippen molar-refractivity contribution in [2.45, 2.75) is 11.5 Å². The van der Waals surface area contributed by atoms with Crippen molar-refractivity contribution < 1.29 is 18.1 Å². The molecular weight excluding hydrogens is 318 g/mol. The predicted octanol–water partition coefficient (Wildman–Crippen LogP) is 4.04. The lowest BCUT2D eigenvalue weighted by Gasteiger charge is -2.09. The van der Waals surface area contributed by atoms with Gasteiger partial charge in [0.25, 0.3) is 0 Å². The van der Waals surface area contributed by atoms with Gasteiger partial charge in [-0.05, 0) is 24.3 Å². The van der Waals surface area contributed by atoms with Gasteiger partial charge < -0.3 is 4.55 Å². The monoisotopic (exact) mass is 328 g/mol. The summed E-state index contributed by atoms with van der Waals surface area (Å²) < 4.78 is 35.5. The highest BCUT2D eigenvalue weighted by Crippen LogP contribution is 2.17. The van der Waals surface area contributed by atoms with E-state index in [2.05, 4.69) is 0 Å². The summed E-state index contributed by atoms with van der Waals surface area (Å²) in [6, 6.07) is 12.6. The number of benzene rings is 2. The average Bonchev–Trinajstić information content (AvgIpc) is 2.48. The third kappa shape index (κ3) is 4.27. The summed E-state index contributed by atoms with van der Waals surface area (Å²) >= 11 is 3.54. The number of hydrogen-bond donors (Lipinski definition) is 0. The van der Waals surface area contributed by atoms with E-state index in [1.54, 1.807) is 24.3 Å². The van der Waals surface area contributed by atoms with E-state index in [0.717, 1.165) is 0 Å². The van der Waals surface area contributed by atoms with E-state index >= 15 is 0 Å². The quantitative estimate of drug-likeness (QED) is 0.614. The van der Waals surface area contributed by atoms with Crippen LogP contribution in [-0.2, 0) is 16.9 Å². The maximum atomic E-state index is 12.2. The molecule has 21 heavy (non-hydrogen) atoms. The van der Waals surface area contributed by atoms with Crippen LogP contribution in [0.5, 0.6) is 0 Å². The number of hydrogen-bond acceptors (Lipinski definition) is 2. The van der Waals surface area contributed by atoms with Crippen LogP contribution in [-0.4, -0.2) is 16.1 Å². The van der Waals surface area contributed by atoms with Gasteiger partial charge in [0.05, 0.1) is 0 Å². The smallest absolute Gasteiger partial charge is 0.397 e. The normalized spacial score (nSPS) is 12.4. The first-order chi connectivity index (χ1) is 9.97. The van der Waals surface area contributed by atoms with E-state index in [9.17, 15) is 18.1 Å². The van der Waals surface area contributed by atoms with Gasteiger partial charge in [-0.25, -0.2) is 0 Å². The molecular formula is C15H11ClF2O2S. The van der Waals surface area contributed by atoms with Crippen molar-refractivity contribution in [3.63, 3.8) is 0 Å². The second kappa shape index (κ2) is 7.02. The van der Waals surface area contributed by atoms with E-state index in [1.165, 1.54) is 24.3 Å². The summed E-state index contributed by atoms with van der Waals surface area (Å²) in [5.41, 5.74) is 1.42. The standard InChI is InChI=1S/C15H11ClF2O2S/c16-13-7-5-12(6-8-13)14(19)11-3-1-10(2-4-11)9-21(20)15(17)18/h1-8,15H,9H2. The molecule has 1 atom stereocenters. The molecule has 0 aliphatic rings. The molecule has 0 radical (unpaired) electrons. The second-order valence-corrected chi connectivity index (χ2v) is 6.16. The molecule has 0 saturated carbocycles. The molecule has 0 aliphatic carbocycles. The number of carbonyl (C=O) groups is 1. The Labute approximate surface area is 128 Å². The fraction of sp³-hybridized carbons (Fsp3) is 0.133. The summed E-state index contributed by atoms with van der Waals surface area (Å²) in [4.78, 5) is 12.2. The lowest BCUT2D eigenvalue weighted by atomic mass is 10.0. The average molecular weight is 329 g/mol. The Bertz CT molecular complexity index is 615. The van der Waals surface area contributed by atoms with Crippen molar-refractivity contribution >= 4 is 28.6 Å². The lowest BCUT2D eigenvalue weighted by Crippen LogP contribution is -2.13. The van der Waals surface area contributed by atoms with Gasteiger partial charge >= 0.3 is 5.76 Å². The molecule has 0 aliphatic heterocycles. The molecule has 0 fully saturated rings. The number of ketones is 1. The third-order valence-corrected chi connectivity index (χ3v) is 4.10. The summed E-state index contributed by atoms with van der Waals surface area (Å²) in [6.45, 7) is 0. The van der Waals surface area contributed by atoms with Crippen molar-refractivity contribution in [1.29, 1.82) is 0 Å². The largest absolute Gasteiger partial charge is 0.612 e. The van der Waals surface area contributed by atoms with Gasteiger partial charge in [0.2, 0.25) is 0 Å². The minimum absolute atomic E-state index is 0.187. The van der Waals surface area contributed by atoms with E-state index in [1.807, 2.05) is 0 Å². The van der Waals surface area contributed by atoms with Gasteiger partial charge in [-0.15, -0.1) is 0 Å². The first-order valence-electron chi connectivity index (χ1n) is 6.02. The van der Waals surface area contributed by atoms with Crippen molar-refractivity contribution in [3.05, 3.63) is 70.2 Å². The Morgan fingerprint density at radius 3 is 2.00 bits per heavy atom. The third-order valence-electron chi connectivity index (χ3n) is 2.83. The lowest BCUT2D eigenvalue weighted by molar-refractivity contribution is 0.103. The molecule has 2 rings (SSSR count). The molecule has 2 nitrogen and oxygen atoms in total. The first kappa shape index (κ1) is 15.9. The SMILES string of the molecule is O=C(c1ccc(Cl)cc1)c1ccc(C[S+]([O-])C(F)F)cc1. The Morgan fingerprint density at radius 2 is 1.52 bits per heavy atom. The number of rotatable bonds is 5. The molecule has 1 unspecified atom stereocenters. The molecule has 0 amide bonds. The number of alkyl halides is 2. The van der Waals surface area contributed by atoms with Crippen LogP contribution in [0.2, 0.25) is 5.02 Å². The van der Waals surface area contributed by atoms with Gasteiger partial charge in [-0.3, -0.25) is 4.79 Å². The highest BCUT2D eigenvalue weighted by Gasteiger charge is 2.20. The molecule has 2 aromatic carbocycles. The Balaban J connectivity index is 2.11.